The average Bonchev–Trinajstić information content (AvgIpc) is 2.35. The Balaban J connectivity index is 2.17. The highest BCUT2D eigenvalue weighted by molar-refractivity contribution is 7.89. The highest BCUT2D eigenvalue weighted by atomic mass is 32.2. The molecule has 1 aromatic carbocycles. The molecule has 21 heavy (non-hydrogen) atoms. The van der Waals surface area contributed by atoms with Gasteiger partial charge in [-0.15, -0.1) is 0 Å². The average molecular weight is 309 g/mol. The highest BCUT2D eigenvalue weighted by Crippen LogP contribution is 2.22. The summed E-state index contributed by atoms with van der Waals surface area (Å²) < 4.78 is 22.7. The van der Waals surface area contributed by atoms with Gasteiger partial charge in [0, 0.05) is 24.9 Å². The summed E-state index contributed by atoms with van der Waals surface area (Å²) in [5.41, 5.74) is 1.25. The van der Waals surface area contributed by atoms with Crippen LogP contribution in [0.15, 0.2) is 24.3 Å². The van der Waals surface area contributed by atoms with Crippen molar-refractivity contribution in [2.45, 2.75) is 26.0 Å². The zero-order valence-electron chi connectivity index (χ0n) is 12.9. The fourth-order valence-corrected chi connectivity index (χ4v) is 3.89. The van der Waals surface area contributed by atoms with E-state index in [1.54, 1.807) is 24.3 Å². The largest absolute Gasteiger partial charge is 0.338 e. The molecule has 0 radical (unpaired) electrons. The van der Waals surface area contributed by atoms with Gasteiger partial charge in [0.2, 0.25) is 0 Å². The quantitative estimate of drug-likeness (QED) is 0.861. The Kier molecular flexibility index (Phi) is 4.71. The van der Waals surface area contributed by atoms with Gasteiger partial charge in [-0.1, -0.05) is 26.0 Å². The Bertz CT molecular complexity index is 614. The third kappa shape index (κ3) is 4.56. The Labute approximate surface area is 127 Å². The molecule has 1 aliphatic rings. The molecule has 1 amide bonds. The third-order valence-electron chi connectivity index (χ3n) is 3.76. The first-order chi connectivity index (χ1) is 9.74. The van der Waals surface area contributed by atoms with Crippen LogP contribution in [0.1, 0.15) is 36.2 Å². The lowest BCUT2D eigenvalue weighted by Crippen LogP contribution is -2.42. The fraction of sp³-hybridized carbons (Fsp3) is 0.562. The van der Waals surface area contributed by atoms with E-state index in [2.05, 4.69) is 13.8 Å². The molecule has 1 fully saturated rings. The molecule has 0 saturated carbocycles. The number of hydrogen-bond donors (Lipinski definition) is 0. The molecule has 1 aliphatic heterocycles. The summed E-state index contributed by atoms with van der Waals surface area (Å²) in [7, 11) is -3.09. The van der Waals surface area contributed by atoms with Crippen LogP contribution in [0, 0.1) is 11.8 Å². The van der Waals surface area contributed by atoms with Crippen LogP contribution < -0.4 is 0 Å². The van der Waals surface area contributed by atoms with E-state index in [0.29, 0.717) is 23.0 Å². The van der Waals surface area contributed by atoms with E-state index in [-0.39, 0.29) is 11.7 Å². The minimum atomic E-state index is -3.09. The molecule has 1 heterocycles. The topological polar surface area (TPSA) is 54.5 Å². The number of carbonyl (C=O) groups is 1. The Hall–Kier alpha value is -1.36. The number of likely N-dealkylation sites (tertiary alicyclic amines) is 1. The third-order valence-corrected chi connectivity index (χ3v) is 4.62. The normalized spacial score (nSPS) is 23.1. The molecule has 1 aromatic rings. The Morgan fingerprint density at radius 1 is 1.24 bits per heavy atom. The van der Waals surface area contributed by atoms with Crippen LogP contribution in [0.3, 0.4) is 0 Å². The van der Waals surface area contributed by atoms with Gasteiger partial charge in [0.1, 0.15) is 0 Å². The second-order valence-corrected chi connectivity index (χ2v) is 8.57. The molecule has 2 rings (SSSR count). The van der Waals surface area contributed by atoms with Crippen LogP contribution >= 0.6 is 0 Å². The van der Waals surface area contributed by atoms with E-state index in [1.165, 1.54) is 6.26 Å². The molecular formula is C16H23NO3S. The smallest absolute Gasteiger partial charge is 0.253 e. The molecule has 116 valence electrons. The molecule has 2 atom stereocenters. The van der Waals surface area contributed by atoms with Gasteiger partial charge in [-0.3, -0.25) is 4.79 Å². The zero-order chi connectivity index (χ0) is 15.6. The first-order valence-corrected chi connectivity index (χ1v) is 9.36. The van der Waals surface area contributed by atoms with Gasteiger partial charge in [-0.25, -0.2) is 8.42 Å². The predicted octanol–water partition coefficient (Wildman–Crippen LogP) is 2.35. The van der Waals surface area contributed by atoms with Crippen molar-refractivity contribution < 1.29 is 13.2 Å². The first kappa shape index (κ1) is 16.0. The summed E-state index contributed by atoms with van der Waals surface area (Å²) in [6.45, 7) is 5.88. The summed E-state index contributed by atoms with van der Waals surface area (Å²) in [6, 6.07) is 6.97. The predicted molar refractivity (Wildman–Crippen MR) is 83.8 cm³/mol. The first-order valence-electron chi connectivity index (χ1n) is 7.30. The molecule has 1 saturated heterocycles. The van der Waals surface area contributed by atoms with Crippen LogP contribution in [-0.4, -0.2) is 38.6 Å². The number of benzene rings is 1. The molecule has 5 heteroatoms. The summed E-state index contributed by atoms with van der Waals surface area (Å²) in [4.78, 5) is 14.5. The Morgan fingerprint density at radius 2 is 1.86 bits per heavy atom. The van der Waals surface area contributed by atoms with Gasteiger partial charge < -0.3 is 4.90 Å². The van der Waals surface area contributed by atoms with Crippen molar-refractivity contribution in [2.24, 2.45) is 11.8 Å². The number of nitrogens with zero attached hydrogens (tertiary/aromatic N) is 1. The molecule has 4 nitrogen and oxygen atoms in total. The summed E-state index contributed by atoms with van der Waals surface area (Å²) in [5, 5.41) is 0. The number of amides is 1. The van der Waals surface area contributed by atoms with Gasteiger partial charge in [0.25, 0.3) is 5.91 Å². The monoisotopic (exact) mass is 309 g/mol. The summed E-state index contributed by atoms with van der Waals surface area (Å²) in [5.74, 6) is 0.999. The van der Waals surface area contributed by atoms with Gasteiger partial charge in [0.05, 0.1) is 5.75 Å². The lowest BCUT2D eigenvalue weighted by atomic mass is 9.91. The van der Waals surface area contributed by atoms with Crippen molar-refractivity contribution in [3.05, 3.63) is 35.4 Å². The lowest BCUT2D eigenvalue weighted by Gasteiger charge is -2.35. The molecule has 0 aromatic heterocycles. The van der Waals surface area contributed by atoms with Gasteiger partial charge in [0.15, 0.2) is 9.84 Å². The SMILES string of the molecule is C[C@H]1C[C@H](C)CN(C(=O)c2cccc(CS(C)(=O)=O)c2)C1. The molecule has 0 unspecified atom stereocenters. The van der Waals surface area contributed by atoms with Gasteiger partial charge >= 0.3 is 0 Å². The van der Waals surface area contributed by atoms with Crippen molar-refractivity contribution in [3.8, 4) is 0 Å². The van der Waals surface area contributed by atoms with Crippen LogP contribution in [0.25, 0.3) is 0 Å². The van der Waals surface area contributed by atoms with E-state index in [9.17, 15) is 13.2 Å². The van der Waals surface area contributed by atoms with Gasteiger partial charge in [-0.2, -0.15) is 0 Å². The van der Waals surface area contributed by atoms with Crippen molar-refractivity contribution in [3.63, 3.8) is 0 Å². The van der Waals surface area contributed by atoms with Crippen LogP contribution in [0.2, 0.25) is 0 Å². The van der Waals surface area contributed by atoms with E-state index in [0.717, 1.165) is 19.5 Å². The highest BCUT2D eigenvalue weighted by Gasteiger charge is 2.26. The second kappa shape index (κ2) is 6.18. The standard InChI is InChI=1S/C16H23NO3S/c1-12-7-13(2)10-17(9-12)16(18)15-6-4-5-14(8-15)11-21(3,19)20/h4-6,8,12-13H,7,9-11H2,1-3H3/t12-,13-/m0/s1. The summed E-state index contributed by atoms with van der Waals surface area (Å²) in [6.07, 6.45) is 2.35. The Morgan fingerprint density at radius 3 is 2.43 bits per heavy atom. The number of hydrogen-bond acceptors (Lipinski definition) is 3. The maximum absolute atomic E-state index is 12.6. The maximum Gasteiger partial charge on any atom is 0.253 e. The number of piperidine rings is 1. The van der Waals surface area contributed by atoms with Crippen molar-refractivity contribution in [1.29, 1.82) is 0 Å². The van der Waals surface area contributed by atoms with Gasteiger partial charge in [-0.05, 0) is 36.0 Å². The number of carbonyl (C=O) groups excluding carboxylic acids is 1. The maximum atomic E-state index is 12.6. The minimum absolute atomic E-state index is 0.00347. The second-order valence-electron chi connectivity index (χ2n) is 6.43. The number of sulfone groups is 1. The summed E-state index contributed by atoms with van der Waals surface area (Å²) >= 11 is 0. The van der Waals surface area contributed by atoms with Crippen molar-refractivity contribution in [2.75, 3.05) is 19.3 Å². The van der Waals surface area contributed by atoms with E-state index in [4.69, 9.17) is 0 Å². The van der Waals surface area contributed by atoms with E-state index in [1.807, 2.05) is 4.90 Å². The van der Waals surface area contributed by atoms with Crippen LogP contribution in [0.4, 0.5) is 0 Å². The van der Waals surface area contributed by atoms with Crippen molar-refractivity contribution in [1.82, 2.24) is 4.90 Å². The van der Waals surface area contributed by atoms with Crippen molar-refractivity contribution >= 4 is 15.7 Å². The number of rotatable bonds is 3. The van der Waals surface area contributed by atoms with Crippen LogP contribution in [0.5, 0.6) is 0 Å². The molecule has 0 bridgehead atoms. The molecule has 0 aliphatic carbocycles. The minimum Gasteiger partial charge on any atom is -0.338 e. The zero-order valence-corrected chi connectivity index (χ0v) is 13.7. The molecule has 0 N–H and O–H groups in total. The van der Waals surface area contributed by atoms with E-state index >= 15 is 0 Å². The molecular weight excluding hydrogens is 286 g/mol. The van der Waals surface area contributed by atoms with E-state index < -0.39 is 9.84 Å². The lowest BCUT2D eigenvalue weighted by molar-refractivity contribution is 0.0623. The van der Waals surface area contributed by atoms with Crippen LogP contribution in [-0.2, 0) is 15.6 Å². The molecule has 0 spiro atoms. The fourth-order valence-electron chi connectivity index (χ4n) is 3.11.